The fourth-order valence-corrected chi connectivity index (χ4v) is 9.47. The Morgan fingerprint density at radius 2 is 0.857 bits per heavy atom. The van der Waals surface area contributed by atoms with E-state index in [2.05, 4.69) is 168 Å². The minimum atomic E-state index is 0.505. The molecule has 0 aliphatic carbocycles. The summed E-state index contributed by atoms with van der Waals surface area (Å²) in [5.74, 6) is 1.57. The van der Waals surface area contributed by atoms with E-state index in [0.29, 0.717) is 23.1 Å². The molecule has 13 aromatic rings. The van der Waals surface area contributed by atoms with Crippen LogP contribution >= 0.6 is 0 Å². The first kappa shape index (κ1) is 35.2. The number of benzene rings is 9. The van der Waals surface area contributed by atoms with Gasteiger partial charge in [-0.3, -0.25) is 0 Å². The van der Waals surface area contributed by atoms with Gasteiger partial charge in [0, 0.05) is 49.1 Å². The van der Waals surface area contributed by atoms with E-state index in [0.717, 1.165) is 94.0 Å². The standard InChI is InChI=1S/C57H34N4O2/c1-3-16-35(17-4-1)36-18-11-19-37(34-36)55-58-56(46-29-13-27-44-40-23-8-10-32-49(40)62-53(44)46)60-57(59-55)47-30-14-28-45-51-41(24-15-33-50(51)63-54(45)47)43-26-12-25-42-39-22-7-9-31-48(39)61(52(42)43)38-20-5-2-6-21-38/h1-34H. The van der Waals surface area contributed by atoms with E-state index in [1.54, 1.807) is 0 Å². The molecular weight excluding hydrogens is 773 g/mol. The van der Waals surface area contributed by atoms with Gasteiger partial charge in [-0.15, -0.1) is 0 Å². The molecule has 13 rings (SSSR count). The van der Waals surface area contributed by atoms with E-state index in [1.807, 2.05) is 42.5 Å². The van der Waals surface area contributed by atoms with Gasteiger partial charge in [-0.2, -0.15) is 0 Å². The van der Waals surface area contributed by atoms with Crippen molar-refractivity contribution in [3.8, 4) is 62.1 Å². The highest BCUT2D eigenvalue weighted by Gasteiger charge is 2.23. The average molecular weight is 807 g/mol. The van der Waals surface area contributed by atoms with Crippen LogP contribution in [-0.4, -0.2) is 19.5 Å². The first-order valence-corrected chi connectivity index (χ1v) is 21.1. The number of para-hydroxylation sites is 6. The maximum Gasteiger partial charge on any atom is 0.167 e. The Labute approximate surface area is 361 Å². The third-order valence-corrected chi connectivity index (χ3v) is 12.3. The maximum absolute atomic E-state index is 6.94. The fraction of sp³-hybridized carbons (Fsp3) is 0. The lowest BCUT2D eigenvalue weighted by Crippen LogP contribution is -2.00. The second-order valence-corrected chi connectivity index (χ2v) is 15.9. The Hall–Kier alpha value is -8.61. The molecule has 294 valence electrons. The van der Waals surface area contributed by atoms with Gasteiger partial charge in [0.1, 0.15) is 22.3 Å². The van der Waals surface area contributed by atoms with Crippen LogP contribution in [0.2, 0.25) is 0 Å². The summed E-state index contributed by atoms with van der Waals surface area (Å²) < 4.78 is 15.9. The summed E-state index contributed by atoms with van der Waals surface area (Å²) in [5, 5.41) is 6.46. The molecule has 0 aliphatic heterocycles. The van der Waals surface area contributed by atoms with Gasteiger partial charge in [-0.25, -0.2) is 15.0 Å². The van der Waals surface area contributed by atoms with Crippen LogP contribution < -0.4 is 0 Å². The van der Waals surface area contributed by atoms with Crippen molar-refractivity contribution in [3.05, 3.63) is 206 Å². The molecule has 63 heavy (non-hydrogen) atoms. The van der Waals surface area contributed by atoms with Gasteiger partial charge in [-0.1, -0.05) is 158 Å². The summed E-state index contributed by atoms with van der Waals surface area (Å²) in [6.07, 6.45) is 0. The van der Waals surface area contributed by atoms with Crippen molar-refractivity contribution in [1.29, 1.82) is 0 Å². The molecule has 6 nitrogen and oxygen atoms in total. The van der Waals surface area contributed by atoms with Crippen molar-refractivity contribution in [3.63, 3.8) is 0 Å². The van der Waals surface area contributed by atoms with E-state index in [9.17, 15) is 0 Å². The largest absolute Gasteiger partial charge is 0.455 e. The van der Waals surface area contributed by atoms with Crippen molar-refractivity contribution in [2.45, 2.75) is 0 Å². The topological polar surface area (TPSA) is 69.9 Å². The lowest BCUT2D eigenvalue weighted by molar-refractivity contribution is 0.669. The maximum atomic E-state index is 6.94. The number of furan rings is 2. The molecule has 0 fully saturated rings. The summed E-state index contributed by atoms with van der Waals surface area (Å²) >= 11 is 0. The molecule has 6 heteroatoms. The third kappa shape index (κ3) is 5.55. The first-order chi connectivity index (χ1) is 31.2. The van der Waals surface area contributed by atoms with Gasteiger partial charge >= 0.3 is 0 Å². The molecule has 0 saturated heterocycles. The molecule has 0 atom stereocenters. The first-order valence-electron chi connectivity index (χ1n) is 21.1. The summed E-state index contributed by atoms with van der Waals surface area (Å²) in [6, 6.07) is 71.5. The molecule has 0 unspecified atom stereocenters. The van der Waals surface area contributed by atoms with Crippen molar-refractivity contribution in [2.24, 2.45) is 0 Å². The fourth-order valence-electron chi connectivity index (χ4n) is 9.47. The number of fused-ring (bicyclic) bond motifs is 9. The quantitative estimate of drug-likeness (QED) is 0.167. The van der Waals surface area contributed by atoms with Gasteiger partial charge in [0.05, 0.1) is 22.2 Å². The molecular formula is C57H34N4O2. The van der Waals surface area contributed by atoms with Crippen molar-refractivity contribution < 1.29 is 8.83 Å². The highest BCUT2D eigenvalue weighted by molar-refractivity contribution is 6.20. The lowest BCUT2D eigenvalue weighted by atomic mass is 9.96. The van der Waals surface area contributed by atoms with Crippen LogP contribution in [0.1, 0.15) is 0 Å². The smallest absolute Gasteiger partial charge is 0.167 e. The zero-order chi connectivity index (χ0) is 41.4. The monoisotopic (exact) mass is 806 g/mol. The van der Waals surface area contributed by atoms with Crippen LogP contribution in [0.15, 0.2) is 215 Å². The molecule has 0 amide bonds. The Morgan fingerprint density at radius 1 is 0.333 bits per heavy atom. The second kappa shape index (κ2) is 14.0. The van der Waals surface area contributed by atoms with Crippen LogP contribution in [-0.2, 0) is 0 Å². The van der Waals surface area contributed by atoms with E-state index in [4.69, 9.17) is 23.8 Å². The van der Waals surface area contributed by atoms with Crippen LogP contribution in [0.3, 0.4) is 0 Å². The van der Waals surface area contributed by atoms with Crippen LogP contribution in [0.5, 0.6) is 0 Å². The minimum absolute atomic E-state index is 0.505. The summed E-state index contributed by atoms with van der Waals surface area (Å²) in [4.78, 5) is 15.7. The van der Waals surface area contributed by atoms with E-state index >= 15 is 0 Å². The van der Waals surface area contributed by atoms with Crippen LogP contribution in [0.25, 0.3) is 128 Å². The molecule has 9 aromatic carbocycles. The average Bonchev–Trinajstić information content (AvgIpc) is 4.04. The highest BCUT2D eigenvalue weighted by atomic mass is 16.3. The molecule has 4 heterocycles. The number of rotatable bonds is 6. The molecule has 0 bridgehead atoms. The number of aromatic nitrogens is 4. The van der Waals surface area contributed by atoms with Gasteiger partial charge in [0.15, 0.2) is 17.5 Å². The van der Waals surface area contributed by atoms with Crippen LogP contribution in [0.4, 0.5) is 0 Å². The van der Waals surface area contributed by atoms with E-state index in [-0.39, 0.29) is 0 Å². The zero-order valence-electron chi connectivity index (χ0n) is 33.7. The highest BCUT2D eigenvalue weighted by Crippen LogP contribution is 2.45. The summed E-state index contributed by atoms with van der Waals surface area (Å²) in [6.45, 7) is 0. The van der Waals surface area contributed by atoms with Gasteiger partial charge in [0.25, 0.3) is 0 Å². The van der Waals surface area contributed by atoms with Gasteiger partial charge < -0.3 is 13.4 Å². The lowest BCUT2D eigenvalue weighted by Gasteiger charge is -2.12. The zero-order valence-corrected chi connectivity index (χ0v) is 33.7. The SMILES string of the molecule is c1ccc(-c2cccc(-c3nc(-c4cccc5c4oc4ccccc45)nc(-c4cccc5c4oc4cccc(-c6cccc7c8ccccc8n(-c8ccccc8)c67)c45)n3)c2)cc1. The van der Waals surface area contributed by atoms with Gasteiger partial charge in [0.2, 0.25) is 0 Å². The summed E-state index contributed by atoms with van der Waals surface area (Å²) in [7, 11) is 0. The number of nitrogens with zero attached hydrogens (tertiary/aromatic N) is 4. The van der Waals surface area contributed by atoms with Crippen molar-refractivity contribution in [1.82, 2.24) is 19.5 Å². The molecule has 0 aliphatic rings. The number of hydrogen-bond acceptors (Lipinski definition) is 5. The molecule has 0 saturated carbocycles. The third-order valence-electron chi connectivity index (χ3n) is 12.3. The molecule has 0 N–H and O–H groups in total. The minimum Gasteiger partial charge on any atom is -0.455 e. The Bertz CT molecular complexity index is 3920. The Kier molecular flexibility index (Phi) is 7.80. The number of hydrogen-bond donors (Lipinski definition) is 0. The molecule has 0 radical (unpaired) electrons. The van der Waals surface area contributed by atoms with Crippen LogP contribution in [0, 0.1) is 0 Å². The van der Waals surface area contributed by atoms with E-state index in [1.165, 1.54) is 10.8 Å². The van der Waals surface area contributed by atoms with Gasteiger partial charge in [-0.05, 0) is 65.2 Å². The summed E-state index contributed by atoms with van der Waals surface area (Å²) in [5.41, 5.74) is 13.3. The normalized spacial score (nSPS) is 11.8. The Balaban J connectivity index is 1.05. The Morgan fingerprint density at radius 3 is 1.67 bits per heavy atom. The predicted molar refractivity (Wildman–Crippen MR) is 256 cm³/mol. The van der Waals surface area contributed by atoms with E-state index < -0.39 is 0 Å². The second-order valence-electron chi connectivity index (χ2n) is 15.9. The predicted octanol–water partition coefficient (Wildman–Crippen LogP) is 15.1. The van der Waals surface area contributed by atoms with Crippen molar-refractivity contribution >= 4 is 65.7 Å². The van der Waals surface area contributed by atoms with Crippen molar-refractivity contribution in [2.75, 3.05) is 0 Å². The molecule has 4 aromatic heterocycles. The molecule has 0 spiro atoms.